The molecule has 1 aliphatic heterocycles. The predicted octanol–water partition coefficient (Wildman–Crippen LogP) is 2.24. The average Bonchev–Trinajstić information content (AvgIpc) is 2.94. The van der Waals surface area contributed by atoms with Gasteiger partial charge in [-0.3, -0.25) is 0 Å². The summed E-state index contributed by atoms with van der Waals surface area (Å²) >= 11 is 0. The Bertz CT molecular complexity index is 364. The molecule has 14 heavy (non-hydrogen) atoms. The molecule has 1 fully saturated rings. The molecule has 2 nitrogen and oxygen atoms in total. The molecule has 2 rings (SSSR count). The van der Waals surface area contributed by atoms with Gasteiger partial charge in [-0.1, -0.05) is 25.1 Å². The Morgan fingerprint density at radius 1 is 1.57 bits per heavy atom. The van der Waals surface area contributed by atoms with E-state index in [1.54, 1.807) is 18.2 Å². The van der Waals surface area contributed by atoms with Crippen molar-refractivity contribution in [2.24, 2.45) is 0 Å². The van der Waals surface area contributed by atoms with E-state index in [1.807, 2.05) is 6.92 Å². The summed E-state index contributed by atoms with van der Waals surface area (Å²) in [5.74, 6) is -0.310. The summed E-state index contributed by atoms with van der Waals surface area (Å²) in [4.78, 5) is 10.8. The molecule has 1 heterocycles. The number of benzene rings is 1. The van der Waals surface area contributed by atoms with Crippen LogP contribution in [-0.2, 0) is 9.53 Å². The Morgan fingerprint density at radius 3 is 2.79 bits per heavy atom. The second-order valence-electron chi connectivity index (χ2n) is 3.45. The number of hydrogen-bond acceptors (Lipinski definition) is 2. The summed E-state index contributed by atoms with van der Waals surface area (Å²) < 4.78 is 18.6. The van der Waals surface area contributed by atoms with Crippen LogP contribution in [0.1, 0.15) is 25.0 Å². The summed E-state index contributed by atoms with van der Waals surface area (Å²) in [5.41, 5.74) is -0.302. The first kappa shape index (κ1) is 9.34. The fourth-order valence-corrected chi connectivity index (χ4v) is 1.64. The zero-order valence-corrected chi connectivity index (χ0v) is 7.87. The fraction of sp³-hybridized carbons (Fsp3) is 0.364. The maximum Gasteiger partial charge on any atom is 0.154 e. The number of halogens is 1. The molecule has 2 atom stereocenters. The Balaban J connectivity index is 2.28. The molecule has 0 radical (unpaired) electrons. The first-order valence-corrected chi connectivity index (χ1v) is 4.62. The van der Waals surface area contributed by atoms with Crippen molar-refractivity contribution in [3.8, 4) is 0 Å². The molecule has 0 bridgehead atoms. The predicted molar refractivity (Wildman–Crippen MR) is 49.3 cm³/mol. The molecule has 0 spiro atoms. The molecule has 1 aliphatic rings. The standard InChI is InChI=1S/C11H11FO2/c1-2-11(7-13)10(14-11)8-5-3-4-6-9(8)12/h3-7,10H,2H2,1H3. The molecule has 0 saturated carbocycles. The summed E-state index contributed by atoms with van der Waals surface area (Å²) in [5, 5.41) is 0. The molecule has 2 unspecified atom stereocenters. The highest BCUT2D eigenvalue weighted by Gasteiger charge is 2.56. The van der Waals surface area contributed by atoms with E-state index in [-0.39, 0.29) is 5.82 Å². The molecular weight excluding hydrogens is 183 g/mol. The lowest BCUT2D eigenvalue weighted by molar-refractivity contribution is -0.112. The monoisotopic (exact) mass is 194 g/mol. The second-order valence-corrected chi connectivity index (χ2v) is 3.45. The fourth-order valence-electron chi connectivity index (χ4n) is 1.64. The SMILES string of the molecule is CCC1(C=O)OC1c1ccccc1F. The molecule has 74 valence electrons. The zero-order chi connectivity index (χ0) is 10.2. The first-order valence-electron chi connectivity index (χ1n) is 4.62. The van der Waals surface area contributed by atoms with E-state index in [9.17, 15) is 9.18 Å². The third kappa shape index (κ3) is 1.24. The Hall–Kier alpha value is -1.22. The Labute approximate surface area is 81.7 Å². The van der Waals surface area contributed by atoms with Crippen molar-refractivity contribution >= 4 is 6.29 Å². The van der Waals surface area contributed by atoms with Gasteiger partial charge < -0.3 is 9.53 Å². The van der Waals surface area contributed by atoms with Gasteiger partial charge in [0.2, 0.25) is 0 Å². The number of epoxide rings is 1. The molecule has 0 N–H and O–H groups in total. The minimum absolute atomic E-state index is 0.310. The molecule has 1 aromatic rings. The van der Waals surface area contributed by atoms with Crippen LogP contribution in [0.3, 0.4) is 0 Å². The molecule has 1 saturated heterocycles. The van der Waals surface area contributed by atoms with E-state index >= 15 is 0 Å². The van der Waals surface area contributed by atoms with Gasteiger partial charge in [0.25, 0.3) is 0 Å². The molecule has 1 aromatic carbocycles. The number of hydrogen-bond donors (Lipinski definition) is 0. The van der Waals surface area contributed by atoms with Crippen LogP contribution >= 0.6 is 0 Å². The first-order chi connectivity index (χ1) is 6.73. The van der Waals surface area contributed by atoms with Crippen LogP contribution in [0.4, 0.5) is 4.39 Å². The minimum atomic E-state index is -0.776. The lowest BCUT2D eigenvalue weighted by atomic mass is 9.98. The van der Waals surface area contributed by atoms with Gasteiger partial charge in [-0.05, 0) is 12.5 Å². The molecule has 0 amide bonds. The topological polar surface area (TPSA) is 29.6 Å². The van der Waals surface area contributed by atoms with Crippen molar-refractivity contribution in [3.63, 3.8) is 0 Å². The maximum atomic E-state index is 13.3. The van der Waals surface area contributed by atoms with Gasteiger partial charge in [-0.2, -0.15) is 0 Å². The molecule has 0 aromatic heterocycles. The van der Waals surface area contributed by atoms with Crippen molar-refractivity contribution in [2.45, 2.75) is 25.0 Å². The maximum absolute atomic E-state index is 13.3. The van der Waals surface area contributed by atoms with Crippen LogP contribution in [0.5, 0.6) is 0 Å². The van der Waals surface area contributed by atoms with Gasteiger partial charge in [0, 0.05) is 5.56 Å². The van der Waals surface area contributed by atoms with E-state index in [4.69, 9.17) is 4.74 Å². The summed E-state index contributed by atoms with van der Waals surface area (Å²) in [6.45, 7) is 1.86. The number of rotatable bonds is 3. The summed E-state index contributed by atoms with van der Waals surface area (Å²) in [6.07, 6.45) is 0.950. The van der Waals surface area contributed by atoms with Gasteiger partial charge >= 0.3 is 0 Å². The zero-order valence-electron chi connectivity index (χ0n) is 7.87. The molecule has 0 aliphatic carbocycles. The van der Waals surface area contributed by atoms with Crippen molar-refractivity contribution in [1.82, 2.24) is 0 Å². The third-order valence-electron chi connectivity index (χ3n) is 2.66. The van der Waals surface area contributed by atoms with Gasteiger partial charge in [0.05, 0.1) is 0 Å². The minimum Gasteiger partial charge on any atom is -0.353 e. The Morgan fingerprint density at radius 2 is 2.29 bits per heavy atom. The smallest absolute Gasteiger partial charge is 0.154 e. The number of ether oxygens (including phenoxy) is 1. The van der Waals surface area contributed by atoms with Crippen molar-refractivity contribution in [2.75, 3.05) is 0 Å². The van der Waals surface area contributed by atoms with E-state index in [0.717, 1.165) is 6.29 Å². The normalized spacial score (nSPS) is 30.0. The Kier molecular flexibility index (Phi) is 2.11. The largest absolute Gasteiger partial charge is 0.353 e. The quantitative estimate of drug-likeness (QED) is 0.545. The van der Waals surface area contributed by atoms with Crippen molar-refractivity contribution in [3.05, 3.63) is 35.6 Å². The van der Waals surface area contributed by atoms with E-state index < -0.39 is 11.7 Å². The van der Waals surface area contributed by atoms with Crippen LogP contribution in [0, 0.1) is 5.82 Å². The average molecular weight is 194 g/mol. The summed E-state index contributed by atoms with van der Waals surface area (Å²) in [6, 6.07) is 6.39. The molecule has 3 heteroatoms. The van der Waals surface area contributed by atoms with Crippen LogP contribution in [0.25, 0.3) is 0 Å². The van der Waals surface area contributed by atoms with Gasteiger partial charge in [0.15, 0.2) is 11.9 Å². The van der Waals surface area contributed by atoms with E-state index in [1.165, 1.54) is 6.07 Å². The highest BCUT2D eigenvalue weighted by atomic mass is 19.1. The molecular formula is C11H11FO2. The summed E-state index contributed by atoms with van der Waals surface area (Å²) in [7, 11) is 0. The third-order valence-corrected chi connectivity index (χ3v) is 2.66. The second kappa shape index (κ2) is 3.17. The lowest BCUT2D eigenvalue weighted by Crippen LogP contribution is -2.12. The van der Waals surface area contributed by atoms with Gasteiger partial charge in [-0.25, -0.2) is 4.39 Å². The number of carbonyl (C=O) groups is 1. The van der Waals surface area contributed by atoms with E-state index in [2.05, 4.69) is 0 Å². The van der Waals surface area contributed by atoms with Crippen LogP contribution < -0.4 is 0 Å². The van der Waals surface area contributed by atoms with Crippen LogP contribution in [0.2, 0.25) is 0 Å². The number of aldehydes is 1. The van der Waals surface area contributed by atoms with Crippen LogP contribution in [0.15, 0.2) is 24.3 Å². The van der Waals surface area contributed by atoms with Crippen molar-refractivity contribution in [1.29, 1.82) is 0 Å². The highest BCUT2D eigenvalue weighted by Crippen LogP contribution is 2.50. The lowest BCUT2D eigenvalue weighted by Gasteiger charge is -2.01. The van der Waals surface area contributed by atoms with Crippen molar-refractivity contribution < 1.29 is 13.9 Å². The van der Waals surface area contributed by atoms with E-state index in [0.29, 0.717) is 12.0 Å². The highest BCUT2D eigenvalue weighted by molar-refractivity contribution is 5.68. The number of carbonyl (C=O) groups excluding carboxylic acids is 1. The van der Waals surface area contributed by atoms with Crippen LogP contribution in [-0.4, -0.2) is 11.9 Å². The van der Waals surface area contributed by atoms with Gasteiger partial charge in [-0.15, -0.1) is 0 Å². The van der Waals surface area contributed by atoms with Gasteiger partial charge in [0.1, 0.15) is 11.9 Å².